The average Bonchev–Trinajstić information content (AvgIpc) is 2.94. The van der Waals surface area contributed by atoms with Crippen LogP contribution in [0.25, 0.3) is 0 Å². The Hall–Kier alpha value is -1.56. The monoisotopic (exact) mass is 534 g/mol. The van der Waals surface area contributed by atoms with Crippen LogP contribution in [0.5, 0.6) is 0 Å². The molecule has 0 atom stereocenters. The van der Waals surface area contributed by atoms with Gasteiger partial charge in [0.05, 0.1) is 16.5 Å². The molecule has 0 N–H and O–H groups in total. The molecule has 0 spiro atoms. The van der Waals surface area contributed by atoms with Crippen LogP contribution in [0.1, 0.15) is 121 Å². The Labute approximate surface area is 233 Å². The fraction of sp³-hybridized carbons (Fsp3) is 0.676. The van der Waals surface area contributed by atoms with Gasteiger partial charge in [0, 0.05) is 12.5 Å². The highest BCUT2D eigenvalue weighted by Gasteiger charge is 2.46. The van der Waals surface area contributed by atoms with Crippen molar-refractivity contribution in [1.82, 2.24) is 0 Å². The number of hydrogen-bond donors (Lipinski definition) is 0. The van der Waals surface area contributed by atoms with Gasteiger partial charge in [-0.2, -0.15) is 0 Å². The first-order chi connectivity index (χ1) is 16.9. The number of rotatable bonds is 6. The molecule has 0 aromatic heterocycles. The van der Waals surface area contributed by atoms with E-state index in [9.17, 15) is 0 Å². The fourth-order valence-corrected chi connectivity index (χ4v) is 18.2. The summed E-state index contributed by atoms with van der Waals surface area (Å²) in [6.45, 7) is 35.7. The molecule has 37 heavy (non-hydrogen) atoms. The van der Waals surface area contributed by atoms with Gasteiger partial charge in [-0.15, -0.1) is 11.1 Å². The Morgan fingerprint density at radius 2 is 0.946 bits per heavy atom. The van der Waals surface area contributed by atoms with Crippen LogP contribution in [0.2, 0.25) is 33.2 Å². The van der Waals surface area contributed by atoms with Crippen molar-refractivity contribution in [3.05, 3.63) is 28.8 Å². The van der Waals surface area contributed by atoms with E-state index in [4.69, 9.17) is 0 Å². The van der Waals surface area contributed by atoms with Gasteiger partial charge in [0.1, 0.15) is 23.2 Å². The lowest BCUT2D eigenvalue weighted by molar-refractivity contribution is -0.403. The molecule has 1 aromatic rings. The van der Waals surface area contributed by atoms with E-state index in [2.05, 4.69) is 151 Å². The Bertz CT molecular complexity index is 1110. The lowest BCUT2D eigenvalue weighted by Gasteiger charge is -2.38. The van der Waals surface area contributed by atoms with Crippen LogP contribution in [0, 0.1) is 22.9 Å². The molecule has 1 nitrogen and oxygen atoms in total. The molecule has 1 aromatic carbocycles. The molecule has 1 aliphatic rings. The fourth-order valence-electron chi connectivity index (χ4n) is 7.76. The number of nitrogens with zero attached hydrogens (tertiary/aromatic N) is 1. The van der Waals surface area contributed by atoms with Crippen LogP contribution in [0.3, 0.4) is 0 Å². The summed E-state index contributed by atoms with van der Waals surface area (Å²) in [6.07, 6.45) is 0. The first kappa shape index (κ1) is 31.7. The summed E-state index contributed by atoms with van der Waals surface area (Å²) < 4.78 is 2.39. The highest BCUT2D eigenvalue weighted by atomic mass is 28.3. The third-order valence-corrected chi connectivity index (χ3v) is 22.7. The minimum absolute atomic E-state index is 0.0633. The normalized spacial score (nSPS) is 15.6. The van der Waals surface area contributed by atoms with E-state index < -0.39 is 16.1 Å². The van der Waals surface area contributed by atoms with Gasteiger partial charge >= 0.3 is 0 Å². The van der Waals surface area contributed by atoms with Crippen LogP contribution < -0.4 is 0 Å². The zero-order valence-corrected chi connectivity index (χ0v) is 29.1. The van der Waals surface area contributed by atoms with Gasteiger partial charge in [0.25, 0.3) is 0 Å². The standard InChI is InChI=1S/C34H56NSi2/c1-23(2)36(24(3)4,25(5)6)21-19-30-17-18-31(33-32(30)34(14,15)29(13)35(33)16)20-22-37(26(7)8,27(9)10)28(11)12/h17-18,23-28H,1-16H3/q+1. The van der Waals surface area contributed by atoms with Crippen molar-refractivity contribution in [2.45, 2.75) is 143 Å². The molecular formula is C34H56NSi2+. The molecule has 1 heterocycles. The number of benzene rings is 1. The second-order valence-electron chi connectivity index (χ2n) is 13.9. The first-order valence-corrected chi connectivity index (χ1v) is 19.2. The Kier molecular flexibility index (Phi) is 9.65. The van der Waals surface area contributed by atoms with E-state index in [1.165, 1.54) is 28.1 Å². The summed E-state index contributed by atoms with van der Waals surface area (Å²) in [5.41, 5.74) is 18.1. The molecule has 3 heteroatoms. The maximum atomic E-state index is 4.00. The zero-order chi connectivity index (χ0) is 28.7. The summed E-state index contributed by atoms with van der Waals surface area (Å²) in [7, 11) is -1.42. The summed E-state index contributed by atoms with van der Waals surface area (Å²) in [6, 6.07) is 4.55. The van der Waals surface area contributed by atoms with Gasteiger partial charge in [0.15, 0.2) is 5.71 Å². The maximum Gasteiger partial charge on any atom is 0.226 e. The van der Waals surface area contributed by atoms with Crippen LogP contribution in [0.15, 0.2) is 12.1 Å². The minimum atomic E-state index is -1.82. The average molecular weight is 535 g/mol. The third-order valence-electron chi connectivity index (χ3n) is 10.1. The van der Waals surface area contributed by atoms with Crippen LogP contribution in [-0.2, 0) is 5.41 Å². The second-order valence-corrected chi connectivity index (χ2v) is 25.1. The smallest absolute Gasteiger partial charge is 0.201 e. The predicted octanol–water partition coefficient (Wildman–Crippen LogP) is 9.85. The molecule has 0 amide bonds. The highest BCUT2D eigenvalue weighted by molar-refractivity contribution is 6.91. The van der Waals surface area contributed by atoms with Crippen molar-refractivity contribution in [3.8, 4) is 22.9 Å². The minimum Gasteiger partial charge on any atom is -0.201 e. The molecule has 0 fully saturated rings. The highest BCUT2D eigenvalue weighted by Crippen LogP contribution is 2.45. The van der Waals surface area contributed by atoms with Crippen LogP contribution >= 0.6 is 0 Å². The predicted molar refractivity (Wildman–Crippen MR) is 172 cm³/mol. The third kappa shape index (κ3) is 5.21. The van der Waals surface area contributed by atoms with E-state index in [-0.39, 0.29) is 5.41 Å². The van der Waals surface area contributed by atoms with Gasteiger partial charge in [-0.05, 0) is 59.2 Å². The van der Waals surface area contributed by atoms with Gasteiger partial charge in [-0.3, -0.25) is 0 Å². The Morgan fingerprint density at radius 1 is 0.622 bits per heavy atom. The summed E-state index contributed by atoms with van der Waals surface area (Å²) >= 11 is 0. The van der Waals surface area contributed by atoms with Crippen molar-refractivity contribution in [2.75, 3.05) is 7.05 Å². The topological polar surface area (TPSA) is 3.01 Å². The van der Waals surface area contributed by atoms with Gasteiger partial charge in [0.2, 0.25) is 5.69 Å². The van der Waals surface area contributed by atoms with Crippen molar-refractivity contribution in [1.29, 1.82) is 0 Å². The molecule has 0 aliphatic carbocycles. The van der Waals surface area contributed by atoms with E-state index in [1.54, 1.807) is 0 Å². The molecule has 0 saturated carbocycles. The van der Waals surface area contributed by atoms with Crippen molar-refractivity contribution in [2.24, 2.45) is 0 Å². The van der Waals surface area contributed by atoms with Crippen LogP contribution in [-0.4, -0.2) is 33.5 Å². The lowest BCUT2D eigenvalue weighted by Crippen LogP contribution is -2.43. The maximum absolute atomic E-state index is 4.00. The largest absolute Gasteiger partial charge is 0.226 e. The van der Waals surface area contributed by atoms with Crippen LogP contribution in [0.4, 0.5) is 5.69 Å². The number of fused-ring (bicyclic) bond motifs is 1. The zero-order valence-electron chi connectivity index (χ0n) is 27.1. The summed E-state index contributed by atoms with van der Waals surface area (Å²) in [4.78, 5) is 0. The van der Waals surface area contributed by atoms with E-state index in [0.717, 1.165) is 0 Å². The number of hydrogen-bond acceptors (Lipinski definition) is 0. The van der Waals surface area contributed by atoms with Gasteiger partial charge in [-0.1, -0.05) is 94.9 Å². The van der Waals surface area contributed by atoms with Gasteiger partial charge < -0.3 is 0 Å². The Balaban J connectivity index is 2.89. The molecule has 204 valence electrons. The van der Waals surface area contributed by atoms with Crippen molar-refractivity contribution >= 4 is 27.5 Å². The molecule has 0 saturated heterocycles. The molecule has 2 rings (SSSR count). The first-order valence-electron chi connectivity index (χ1n) is 14.7. The summed E-state index contributed by atoms with van der Waals surface area (Å²) in [5, 5.41) is 0. The van der Waals surface area contributed by atoms with Gasteiger partial charge in [-0.25, -0.2) is 4.58 Å². The molecule has 1 aliphatic heterocycles. The van der Waals surface area contributed by atoms with Crippen molar-refractivity contribution in [3.63, 3.8) is 0 Å². The van der Waals surface area contributed by atoms with E-state index in [0.29, 0.717) is 33.2 Å². The molecule has 0 radical (unpaired) electrons. The van der Waals surface area contributed by atoms with Crippen molar-refractivity contribution < 1.29 is 4.58 Å². The molecule has 0 unspecified atom stereocenters. The Morgan fingerprint density at radius 3 is 1.30 bits per heavy atom. The second kappa shape index (κ2) is 11.3. The molecular weight excluding hydrogens is 479 g/mol. The lowest BCUT2D eigenvalue weighted by atomic mass is 9.79. The van der Waals surface area contributed by atoms with E-state index in [1.807, 2.05) is 0 Å². The van der Waals surface area contributed by atoms with E-state index >= 15 is 0 Å². The summed E-state index contributed by atoms with van der Waals surface area (Å²) in [5.74, 6) is 7.60. The quantitative estimate of drug-likeness (QED) is 0.194. The SMILES string of the molecule is CC1=[N+](C)c2c(C#C[Si](C(C)C)(C(C)C)C(C)C)ccc(C#C[Si](C(C)C)(C(C)C)C(C)C)c2C1(C)C. The molecule has 0 bridgehead atoms.